The van der Waals surface area contributed by atoms with E-state index in [-0.39, 0.29) is 5.75 Å². The van der Waals surface area contributed by atoms with Crippen LogP contribution in [0.4, 0.5) is 0 Å². The van der Waals surface area contributed by atoms with E-state index in [0.29, 0.717) is 10.8 Å². The van der Waals surface area contributed by atoms with Gasteiger partial charge < -0.3 is 9.84 Å². The fourth-order valence-corrected chi connectivity index (χ4v) is 1.37. The third kappa shape index (κ3) is 1.64. The number of phenols is 1. The predicted molar refractivity (Wildman–Crippen MR) is 49.0 cm³/mol. The number of hydrogen-bond acceptors (Lipinski definition) is 2. The van der Waals surface area contributed by atoms with Crippen LogP contribution in [-0.2, 0) is 6.42 Å². The second-order valence-electron chi connectivity index (χ2n) is 2.47. The molecule has 0 fully saturated rings. The van der Waals surface area contributed by atoms with Crippen molar-refractivity contribution in [2.45, 2.75) is 13.3 Å². The van der Waals surface area contributed by atoms with Crippen LogP contribution in [0.3, 0.4) is 0 Å². The highest BCUT2D eigenvalue weighted by Gasteiger charge is 2.07. The van der Waals surface area contributed by atoms with Gasteiger partial charge in [0.1, 0.15) is 0 Å². The summed E-state index contributed by atoms with van der Waals surface area (Å²) >= 11 is 5.74. The van der Waals surface area contributed by atoms with Crippen molar-refractivity contribution in [3.8, 4) is 11.5 Å². The molecule has 0 saturated heterocycles. The first-order valence-electron chi connectivity index (χ1n) is 3.74. The summed E-state index contributed by atoms with van der Waals surface area (Å²) in [7, 11) is 1.53. The fraction of sp³-hybridized carbons (Fsp3) is 0.333. The summed E-state index contributed by atoms with van der Waals surface area (Å²) in [5, 5.41) is 9.93. The van der Waals surface area contributed by atoms with Crippen molar-refractivity contribution < 1.29 is 9.84 Å². The van der Waals surface area contributed by atoms with Gasteiger partial charge in [0.25, 0.3) is 0 Å². The number of methoxy groups -OCH3 is 1. The van der Waals surface area contributed by atoms with Crippen LogP contribution < -0.4 is 4.74 Å². The van der Waals surface area contributed by atoms with Gasteiger partial charge in [-0.15, -0.1) is 0 Å². The van der Waals surface area contributed by atoms with Gasteiger partial charge in [-0.2, -0.15) is 0 Å². The molecule has 1 aromatic carbocycles. The lowest BCUT2D eigenvalue weighted by molar-refractivity contribution is 0.369. The Hall–Kier alpha value is -0.890. The van der Waals surface area contributed by atoms with Gasteiger partial charge >= 0.3 is 0 Å². The highest BCUT2D eigenvalue weighted by Crippen LogP contribution is 2.33. The highest BCUT2D eigenvalue weighted by atomic mass is 35.5. The average molecular weight is 187 g/mol. The Morgan fingerprint density at radius 2 is 2.17 bits per heavy atom. The van der Waals surface area contributed by atoms with Crippen LogP contribution in [0.1, 0.15) is 12.5 Å². The van der Waals surface area contributed by atoms with Gasteiger partial charge in [-0.3, -0.25) is 0 Å². The molecule has 66 valence electrons. The monoisotopic (exact) mass is 186 g/mol. The van der Waals surface area contributed by atoms with E-state index in [2.05, 4.69) is 0 Å². The normalized spacial score (nSPS) is 9.92. The summed E-state index contributed by atoms with van der Waals surface area (Å²) < 4.78 is 5.01. The number of benzene rings is 1. The number of ether oxygens (including phenoxy) is 1. The summed E-state index contributed by atoms with van der Waals surface area (Å²) in [5.41, 5.74) is 0.919. The first kappa shape index (κ1) is 9.20. The van der Waals surface area contributed by atoms with Crippen molar-refractivity contribution in [1.82, 2.24) is 0 Å². The lowest BCUT2D eigenvalue weighted by atomic mass is 10.1. The van der Waals surface area contributed by atoms with Crippen molar-refractivity contribution in [2.24, 2.45) is 0 Å². The number of rotatable bonds is 2. The minimum absolute atomic E-state index is 0.0989. The number of aromatic hydroxyl groups is 1. The Labute approximate surface area is 76.7 Å². The zero-order valence-corrected chi connectivity index (χ0v) is 7.85. The standard InChI is InChI=1S/C9H11ClO2/c1-3-6-4-7(10)5-8(11)9(6)12-2/h4-5,11H,3H2,1-2H3. The van der Waals surface area contributed by atoms with E-state index in [9.17, 15) is 5.11 Å². The Morgan fingerprint density at radius 1 is 1.50 bits per heavy atom. The van der Waals surface area contributed by atoms with Crippen molar-refractivity contribution in [1.29, 1.82) is 0 Å². The lowest BCUT2D eigenvalue weighted by Crippen LogP contribution is -1.90. The Kier molecular flexibility index (Phi) is 2.82. The molecule has 0 atom stereocenters. The maximum atomic E-state index is 9.39. The lowest BCUT2D eigenvalue weighted by Gasteiger charge is -2.08. The number of hydrogen-bond donors (Lipinski definition) is 1. The first-order chi connectivity index (χ1) is 5.69. The number of aryl methyl sites for hydroxylation is 1. The highest BCUT2D eigenvalue weighted by molar-refractivity contribution is 6.30. The molecule has 3 heteroatoms. The topological polar surface area (TPSA) is 29.5 Å². The molecule has 1 aromatic rings. The van der Waals surface area contributed by atoms with Gasteiger partial charge in [0.05, 0.1) is 7.11 Å². The van der Waals surface area contributed by atoms with Crippen LogP contribution >= 0.6 is 11.6 Å². The fourth-order valence-electron chi connectivity index (χ4n) is 1.13. The minimum atomic E-state index is 0.0989. The molecule has 0 aromatic heterocycles. The van der Waals surface area contributed by atoms with Crippen LogP contribution in [0.25, 0.3) is 0 Å². The maximum absolute atomic E-state index is 9.39. The minimum Gasteiger partial charge on any atom is -0.504 e. The molecule has 0 aliphatic heterocycles. The molecule has 0 saturated carbocycles. The van der Waals surface area contributed by atoms with Gasteiger partial charge in [0, 0.05) is 11.1 Å². The average Bonchev–Trinajstić information content (AvgIpc) is 2.03. The Bertz CT molecular complexity index is 284. The molecular weight excluding hydrogens is 176 g/mol. The Morgan fingerprint density at radius 3 is 2.67 bits per heavy atom. The van der Waals surface area contributed by atoms with E-state index >= 15 is 0 Å². The van der Waals surface area contributed by atoms with E-state index in [1.54, 1.807) is 6.07 Å². The van der Waals surface area contributed by atoms with E-state index in [1.165, 1.54) is 13.2 Å². The van der Waals surface area contributed by atoms with Crippen molar-refractivity contribution in [3.63, 3.8) is 0 Å². The summed E-state index contributed by atoms with van der Waals surface area (Å²) in [6, 6.07) is 3.26. The van der Waals surface area contributed by atoms with Gasteiger partial charge in [-0.25, -0.2) is 0 Å². The SMILES string of the molecule is CCc1cc(Cl)cc(O)c1OC. The van der Waals surface area contributed by atoms with Gasteiger partial charge in [-0.1, -0.05) is 18.5 Å². The molecule has 0 spiro atoms. The third-order valence-corrected chi connectivity index (χ3v) is 1.91. The predicted octanol–water partition coefficient (Wildman–Crippen LogP) is 2.62. The largest absolute Gasteiger partial charge is 0.504 e. The maximum Gasteiger partial charge on any atom is 0.163 e. The molecule has 0 unspecified atom stereocenters. The number of phenolic OH excluding ortho intramolecular Hbond substituents is 1. The summed E-state index contributed by atoms with van der Waals surface area (Å²) in [5.74, 6) is 0.615. The van der Waals surface area contributed by atoms with E-state index in [4.69, 9.17) is 16.3 Å². The zero-order valence-electron chi connectivity index (χ0n) is 7.10. The van der Waals surface area contributed by atoms with E-state index in [0.717, 1.165) is 12.0 Å². The quantitative estimate of drug-likeness (QED) is 0.770. The molecule has 0 aliphatic rings. The molecule has 12 heavy (non-hydrogen) atoms. The van der Waals surface area contributed by atoms with Gasteiger partial charge in [-0.05, 0) is 18.1 Å². The van der Waals surface area contributed by atoms with Gasteiger partial charge in [0.15, 0.2) is 11.5 Å². The molecule has 0 amide bonds. The van der Waals surface area contributed by atoms with Crippen LogP contribution in [0.5, 0.6) is 11.5 Å². The molecule has 0 heterocycles. The van der Waals surface area contributed by atoms with Crippen molar-refractivity contribution in [2.75, 3.05) is 7.11 Å². The molecule has 0 aliphatic carbocycles. The molecular formula is C9H11ClO2. The Balaban J connectivity index is 3.24. The second kappa shape index (κ2) is 3.68. The summed E-state index contributed by atoms with van der Waals surface area (Å²) in [6.07, 6.45) is 0.789. The molecule has 1 N–H and O–H groups in total. The summed E-state index contributed by atoms with van der Waals surface area (Å²) in [4.78, 5) is 0. The molecule has 2 nitrogen and oxygen atoms in total. The first-order valence-corrected chi connectivity index (χ1v) is 4.12. The summed E-state index contributed by atoms with van der Waals surface area (Å²) in [6.45, 7) is 1.98. The van der Waals surface area contributed by atoms with Crippen LogP contribution in [0, 0.1) is 0 Å². The second-order valence-corrected chi connectivity index (χ2v) is 2.91. The van der Waals surface area contributed by atoms with Gasteiger partial charge in [0.2, 0.25) is 0 Å². The van der Waals surface area contributed by atoms with Crippen molar-refractivity contribution in [3.05, 3.63) is 22.7 Å². The van der Waals surface area contributed by atoms with Crippen molar-refractivity contribution >= 4 is 11.6 Å². The molecule has 1 rings (SSSR count). The van der Waals surface area contributed by atoms with Crippen LogP contribution in [0.15, 0.2) is 12.1 Å². The zero-order chi connectivity index (χ0) is 9.14. The van der Waals surface area contributed by atoms with E-state index < -0.39 is 0 Å². The van der Waals surface area contributed by atoms with Crippen LogP contribution in [0.2, 0.25) is 5.02 Å². The third-order valence-electron chi connectivity index (χ3n) is 1.70. The van der Waals surface area contributed by atoms with E-state index in [1.807, 2.05) is 6.92 Å². The molecule has 0 bridgehead atoms. The molecule has 0 radical (unpaired) electrons. The van der Waals surface area contributed by atoms with Crippen LogP contribution in [-0.4, -0.2) is 12.2 Å². The number of halogens is 1. The smallest absolute Gasteiger partial charge is 0.163 e.